The lowest BCUT2D eigenvalue weighted by molar-refractivity contribution is -0.137. The number of benzene rings is 2. The first-order valence-electron chi connectivity index (χ1n) is 8.77. The third kappa shape index (κ3) is 2.81. The zero-order valence-corrected chi connectivity index (χ0v) is 15.3. The molecule has 3 N–H and O–H groups in total. The van der Waals surface area contributed by atoms with Gasteiger partial charge >= 0.3 is 6.18 Å². The number of nitrogen functional groups attached to an aromatic ring is 1. The van der Waals surface area contributed by atoms with E-state index in [9.17, 15) is 13.2 Å². The largest absolute Gasteiger partial charge is 0.417 e. The first kappa shape index (κ1) is 18.1. The summed E-state index contributed by atoms with van der Waals surface area (Å²) in [4.78, 5) is 8.57. The summed E-state index contributed by atoms with van der Waals surface area (Å²) in [5, 5.41) is 4.67. The minimum atomic E-state index is -4.47. The summed E-state index contributed by atoms with van der Waals surface area (Å²) in [6.45, 7) is 2.55. The number of aryl methyl sites for hydroxylation is 1. The molecule has 2 aromatic heterocycles. The summed E-state index contributed by atoms with van der Waals surface area (Å²) in [7, 11) is 1.80. The van der Waals surface area contributed by atoms with Crippen molar-refractivity contribution in [2.24, 2.45) is 7.05 Å². The Labute approximate surface area is 159 Å². The predicted molar refractivity (Wildman–Crippen MR) is 105 cm³/mol. The van der Waals surface area contributed by atoms with E-state index in [1.165, 1.54) is 12.1 Å². The van der Waals surface area contributed by atoms with Crippen molar-refractivity contribution in [3.8, 4) is 11.1 Å². The van der Waals surface area contributed by atoms with Crippen molar-refractivity contribution in [2.45, 2.75) is 13.1 Å². The van der Waals surface area contributed by atoms with Gasteiger partial charge in [0.05, 0.1) is 22.0 Å². The quantitative estimate of drug-likeness (QED) is 0.530. The number of halogens is 3. The van der Waals surface area contributed by atoms with Crippen LogP contribution in [0.3, 0.4) is 0 Å². The Morgan fingerprint density at radius 1 is 1.11 bits per heavy atom. The van der Waals surface area contributed by atoms with Crippen molar-refractivity contribution >= 4 is 33.6 Å². The first-order valence-corrected chi connectivity index (χ1v) is 8.77. The molecule has 2 aromatic carbocycles. The maximum absolute atomic E-state index is 13.6. The van der Waals surface area contributed by atoms with Crippen molar-refractivity contribution < 1.29 is 13.2 Å². The SMILES string of the molecule is CCNc1nc(N)nc2cc(-c3ccccc3C(F)(F)F)c3c(ccn3C)c12. The van der Waals surface area contributed by atoms with Crippen LogP contribution >= 0.6 is 0 Å². The van der Waals surface area contributed by atoms with Crippen molar-refractivity contribution in [3.63, 3.8) is 0 Å². The Kier molecular flexibility index (Phi) is 4.14. The fraction of sp³-hybridized carbons (Fsp3) is 0.200. The summed E-state index contributed by atoms with van der Waals surface area (Å²) < 4.78 is 42.7. The number of rotatable bonds is 3. The maximum atomic E-state index is 13.6. The van der Waals surface area contributed by atoms with Gasteiger partial charge in [0, 0.05) is 30.7 Å². The Bertz CT molecular complexity index is 1190. The van der Waals surface area contributed by atoms with Crippen LogP contribution < -0.4 is 11.1 Å². The number of fused-ring (bicyclic) bond motifs is 3. The van der Waals surface area contributed by atoms with E-state index in [4.69, 9.17) is 5.73 Å². The van der Waals surface area contributed by atoms with E-state index in [2.05, 4.69) is 15.3 Å². The van der Waals surface area contributed by atoms with Gasteiger partial charge in [-0.05, 0) is 30.7 Å². The average molecular weight is 385 g/mol. The predicted octanol–water partition coefficient (Wildman–Crippen LogP) is 4.82. The molecule has 0 unspecified atom stereocenters. The molecule has 0 fully saturated rings. The molecule has 0 saturated heterocycles. The van der Waals surface area contributed by atoms with Gasteiger partial charge < -0.3 is 15.6 Å². The fourth-order valence-corrected chi connectivity index (χ4v) is 3.60. The second kappa shape index (κ2) is 6.40. The lowest BCUT2D eigenvalue weighted by Crippen LogP contribution is -2.08. The maximum Gasteiger partial charge on any atom is 0.417 e. The summed E-state index contributed by atoms with van der Waals surface area (Å²) in [6.07, 6.45) is -2.65. The monoisotopic (exact) mass is 385 g/mol. The third-order valence-corrected chi connectivity index (χ3v) is 4.70. The lowest BCUT2D eigenvalue weighted by Gasteiger charge is -2.16. The molecule has 2 heterocycles. The fourth-order valence-electron chi connectivity index (χ4n) is 3.60. The second-order valence-electron chi connectivity index (χ2n) is 6.51. The van der Waals surface area contributed by atoms with Gasteiger partial charge in [-0.25, -0.2) is 4.98 Å². The minimum absolute atomic E-state index is 0.0637. The molecular weight excluding hydrogens is 367 g/mol. The van der Waals surface area contributed by atoms with Crippen LogP contribution in [0.5, 0.6) is 0 Å². The highest BCUT2D eigenvalue weighted by Crippen LogP contribution is 2.42. The number of nitrogens with zero attached hydrogens (tertiary/aromatic N) is 3. The van der Waals surface area contributed by atoms with Crippen molar-refractivity contribution in [1.29, 1.82) is 0 Å². The van der Waals surface area contributed by atoms with E-state index < -0.39 is 11.7 Å². The van der Waals surface area contributed by atoms with Crippen LogP contribution in [0.15, 0.2) is 42.6 Å². The summed E-state index contributed by atoms with van der Waals surface area (Å²) >= 11 is 0. The van der Waals surface area contributed by atoms with Crippen molar-refractivity contribution in [1.82, 2.24) is 14.5 Å². The molecule has 5 nitrogen and oxygen atoms in total. The van der Waals surface area contributed by atoms with E-state index in [-0.39, 0.29) is 11.5 Å². The van der Waals surface area contributed by atoms with Gasteiger partial charge in [-0.3, -0.25) is 0 Å². The number of hydrogen-bond acceptors (Lipinski definition) is 4. The third-order valence-electron chi connectivity index (χ3n) is 4.70. The van der Waals surface area contributed by atoms with Crippen LogP contribution in [0.2, 0.25) is 0 Å². The Hall–Kier alpha value is -3.29. The molecule has 0 aliphatic rings. The minimum Gasteiger partial charge on any atom is -0.370 e. The molecule has 0 spiro atoms. The number of aromatic nitrogens is 3. The lowest BCUT2D eigenvalue weighted by atomic mass is 9.95. The number of anilines is 2. The summed E-state index contributed by atoms with van der Waals surface area (Å²) in [5.74, 6) is 0.630. The van der Waals surface area contributed by atoms with E-state index in [1.54, 1.807) is 19.2 Å². The van der Waals surface area contributed by atoms with Crippen molar-refractivity contribution in [3.05, 3.63) is 48.2 Å². The molecular formula is C20H18F3N5. The van der Waals surface area contributed by atoms with Crippen LogP contribution in [-0.2, 0) is 13.2 Å². The van der Waals surface area contributed by atoms with Gasteiger partial charge in [0.15, 0.2) is 0 Å². The van der Waals surface area contributed by atoms with Crippen LogP contribution in [0, 0.1) is 0 Å². The molecule has 0 atom stereocenters. The molecule has 0 saturated carbocycles. The molecule has 28 heavy (non-hydrogen) atoms. The van der Waals surface area contributed by atoms with Gasteiger partial charge in [-0.2, -0.15) is 18.2 Å². The van der Waals surface area contributed by atoms with E-state index in [0.29, 0.717) is 29.0 Å². The molecule has 0 amide bonds. The average Bonchev–Trinajstić information content (AvgIpc) is 3.02. The summed E-state index contributed by atoms with van der Waals surface area (Å²) in [6, 6.07) is 9.07. The Balaban J connectivity index is 2.16. The Morgan fingerprint density at radius 2 is 1.86 bits per heavy atom. The molecule has 0 radical (unpaired) electrons. The topological polar surface area (TPSA) is 68.8 Å². The Morgan fingerprint density at radius 3 is 2.57 bits per heavy atom. The molecule has 8 heteroatoms. The van der Waals surface area contributed by atoms with E-state index >= 15 is 0 Å². The number of nitrogens with one attached hydrogen (secondary N) is 1. The molecule has 0 bridgehead atoms. The zero-order valence-electron chi connectivity index (χ0n) is 15.3. The van der Waals surface area contributed by atoms with Gasteiger partial charge in [-0.1, -0.05) is 18.2 Å². The van der Waals surface area contributed by atoms with Gasteiger partial charge in [0.25, 0.3) is 0 Å². The van der Waals surface area contributed by atoms with Crippen molar-refractivity contribution in [2.75, 3.05) is 17.6 Å². The zero-order chi connectivity index (χ0) is 20.1. The molecule has 4 rings (SSSR count). The van der Waals surface area contributed by atoms with Crippen LogP contribution in [0.25, 0.3) is 32.9 Å². The molecule has 0 aliphatic carbocycles. The van der Waals surface area contributed by atoms with Crippen LogP contribution in [0.4, 0.5) is 24.9 Å². The van der Waals surface area contributed by atoms with E-state index in [1.807, 2.05) is 23.8 Å². The smallest absolute Gasteiger partial charge is 0.370 e. The molecule has 4 aromatic rings. The highest BCUT2D eigenvalue weighted by Gasteiger charge is 2.34. The molecule has 0 aliphatic heterocycles. The van der Waals surface area contributed by atoms with Crippen LogP contribution in [-0.4, -0.2) is 21.1 Å². The molecule has 144 valence electrons. The highest BCUT2D eigenvalue weighted by molar-refractivity contribution is 6.16. The number of alkyl halides is 3. The van der Waals surface area contributed by atoms with Crippen LogP contribution in [0.1, 0.15) is 12.5 Å². The standard InChI is InChI=1S/C20H18F3N5/c1-3-25-18-16-12-8-9-28(2)17(12)13(10-15(16)26-19(24)27-18)11-6-4-5-7-14(11)20(21,22)23/h4-10H,3H2,1-2H3,(H3,24,25,26,27). The van der Waals surface area contributed by atoms with Gasteiger partial charge in [0.2, 0.25) is 5.95 Å². The first-order chi connectivity index (χ1) is 13.3. The second-order valence-corrected chi connectivity index (χ2v) is 6.51. The highest BCUT2D eigenvalue weighted by atomic mass is 19.4. The van der Waals surface area contributed by atoms with Gasteiger partial charge in [-0.15, -0.1) is 0 Å². The van der Waals surface area contributed by atoms with E-state index in [0.717, 1.165) is 16.8 Å². The number of nitrogens with two attached hydrogens (primary N) is 1. The normalized spacial score (nSPS) is 12.0. The van der Waals surface area contributed by atoms with Gasteiger partial charge in [0.1, 0.15) is 5.82 Å². The summed E-state index contributed by atoms with van der Waals surface area (Å²) in [5.41, 5.74) is 6.88. The number of hydrogen-bond donors (Lipinski definition) is 2.